The van der Waals surface area contributed by atoms with Crippen LogP contribution in [0.4, 0.5) is 5.69 Å². The van der Waals surface area contributed by atoms with Gasteiger partial charge in [-0.05, 0) is 35.2 Å². The minimum atomic E-state index is -0.0164. The van der Waals surface area contributed by atoms with Crippen LogP contribution in [0.3, 0.4) is 0 Å². The molecule has 2 heterocycles. The molecule has 4 nitrogen and oxygen atoms in total. The minimum Gasteiger partial charge on any atom is -0.455 e. The van der Waals surface area contributed by atoms with Crippen LogP contribution in [0.5, 0.6) is 0 Å². The van der Waals surface area contributed by atoms with E-state index in [-0.39, 0.29) is 11.6 Å². The summed E-state index contributed by atoms with van der Waals surface area (Å²) in [5, 5.41) is 7.18. The van der Waals surface area contributed by atoms with E-state index in [1.807, 2.05) is 13.4 Å². The van der Waals surface area contributed by atoms with Crippen molar-refractivity contribution in [3.63, 3.8) is 0 Å². The van der Waals surface area contributed by atoms with Crippen molar-refractivity contribution in [1.29, 1.82) is 0 Å². The molecule has 0 saturated carbocycles. The number of rotatable bonds is 2. The largest absolute Gasteiger partial charge is 0.455 e. The molecule has 0 bridgehead atoms. The quantitative estimate of drug-likeness (QED) is 0.698. The van der Waals surface area contributed by atoms with Crippen molar-refractivity contribution in [2.75, 3.05) is 7.05 Å². The Hall–Kier alpha value is -2.33. The van der Waals surface area contributed by atoms with Crippen molar-refractivity contribution in [2.45, 2.75) is 39.9 Å². The van der Waals surface area contributed by atoms with E-state index in [4.69, 9.17) is 4.42 Å². The van der Waals surface area contributed by atoms with E-state index in [0.717, 1.165) is 22.4 Å². The van der Waals surface area contributed by atoms with Gasteiger partial charge in [-0.1, -0.05) is 45.0 Å². The Labute approximate surface area is 148 Å². The normalized spacial score (nSPS) is 18.8. The molecule has 0 saturated heterocycles. The highest BCUT2D eigenvalue weighted by molar-refractivity contribution is 6.02. The lowest BCUT2D eigenvalue weighted by atomic mass is 9.88. The molecule has 1 N–H and O–H groups in total. The number of aliphatic imine (C=N–C) groups is 1. The molecule has 1 aliphatic heterocycles. The zero-order valence-corrected chi connectivity index (χ0v) is 15.5. The molecule has 0 spiro atoms. The lowest BCUT2D eigenvalue weighted by Gasteiger charge is -2.36. The van der Waals surface area contributed by atoms with E-state index in [9.17, 15) is 0 Å². The molecular formula is C21H25N3O. The molecule has 1 unspecified atom stereocenters. The number of furan rings is 1. The van der Waals surface area contributed by atoms with Crippen LogP contribution >= 0.6 is 0 Å². The lowest BCUT2D eigenvalue weighted by Crippen LogP contribution is -2.46. The van der Waals surface area contributed by atoms with Crippen LogP contribution in [-0.4, -0.2) is 24.3 Å². The molecule has 2 aromatic carbocycles. The SMILES string of the molecule is C[C@@H](NC1c2oc3cc4ccccc4cc3c2N=CN1C)C(C)(C)C. The molecular weight excluding hydrogens is 310 g/mol. The first-order chi connectivity index (χ1) is 11.8. The second kappa shape index (κ2) is 5.60. The maximum absolute atomic E-state index is 6.28. The molecule has 3 aromatic rings. The summed E-state index contributed by atoms with van der Waals surface area (Å²) >= 11 is 0. The van der Waals surface area contributed by atoms with E-state index in [0.29, 0.717) is 6.04 Å². The minimum absolute atomic E-state index is 0.0164. The zero-order chi connectivity index (χ0) is 17.8. The fraction of sp³-hybridized carbons (Fsp3) is 0.381. The van der Waals surface area contributed by atoms with Crippen molar-refractivity contribution in [3.8, 4) is 0 Å². The van der Waals surface area contributed by atoms with Gasteiger partial charge >= 0.3 is 0 Å². The molecule has 0 radical (unpaired) electrons. The fourth-order valence-electron chi connectivity index (χ4n) is 3.19. The number of hydrogen-bond donors (Lipinski definition) is 1. The van der Waals surface area contributed by atoms with Crippen LogP contribution in [0, 0.1) is 5.41 Å². The van der Waals surface area contributed by atoms with Gasteiger partial charge in [0.15, 0.2) is 5.76 Å². The van der Waals surface area contributed by atoms with Gasteiger partial charge in [0.25, 0.3) is 0 Å². The summed E-state index contributed by atoms with van der Waals surface area (Å²) in [6.07, 6.45) is 1.87. The van der Waals surface area contributed by atoms with Crippen LogP contribution in [0.1, 0.15) is 39.6 Å². The first kappa shape index (κ1) is 16.2. The van der Waals surface area contributed by atoms with Crippen LogP contribution < -0.4 is 5.32 Å². The molecule has 4 heteroatoms. The highest BCUT2D eigenvalue weighted by Gasteiger charge is 2.32. The monoisotopic (exact) mass is 335 g/mol. The van der Waals surface area contributed by atoms with Crippen molar-refractivity contribution in [3.05, 3.63) is 42.2 Å². The van der Waals surface area contributed by atoms with Gasteiger partial charge in [0.1, 0.15) is 17.4 Å². The Morgan fingerprint density at radius 3 is 2.52 bits per heavy atom. The van der Waals surface area contributed by atoms with E-state index < -0.39 is 0 Å². The Kier molecular flexibility index (Phi) is 3.62. The average Bonchev–Trinajstić information content (AvgIpc) is 2.92. The van der Waals surface area contributed by atoms with Crippen molar-refractivity contribution < 1.29 is 4.42 Å². The van der Waals surface area contributed by atoms with Crippen LogP contribution in [0.15, 0.2) is 45.8 Å². The van der Waals surface area contributed by atoms with Gasteiger partial charge in [0, 0.05) is 18.5 Å². The topological polar surface area (TPSA) is 40.8 Å². The van der Waals surface area contributed by atoms with E-state index in [1.54, 1.807) is 0 Å². The van der Waals surface area contributed by atoms with Gasteiger partial charge in [-0.25, -0.2) is 4.99 Å². The highest BCUT2D eigenvalue weighted by Crippen LogP contribution is 2.42. The molecule has 1 aromatic heterocycles. The lowest BCUT2D eigenvalue weighted by molar-refractivity contribution is 0.190. The summed E-state index contributed by atoms with van der Waals surface area (Å²) in [4.78, 5) is 6.73. The molecule has 2 atom stereocenters. The number of hydrogen-bond acceptors (Lipinski definition) is 4. The number of benzene rings is 2. The Morgan fingerprint density at radius 1 is 1.16 bits per heavy atom. The molecule has 25 heavy (non-hydrogen) atoms. The summed E-state index contributed by atoms with van der Waals surface area (Å²) in [5.41, 5.74) is 2.00. The Bertz CT molecular complexity index is 964. The first-order valence-corrected chi connectivity index (χ1v) is 8.82. The number of fused-ring (bicyclic) bond motifs is 4. The van der Waals surface area contributed by atoms with Gasteiger partial charge in [-0.3, -0.25) is 5.32 Å². The van der Waals surface area contributed by atoms with Gasteiger partial charge < -0.3 is 9.32 Å². The molecule has 130 valence electrons. The fourth-order valence-corrected chi connectivity index (χ4v) is 3.19. The third-order valence-electron chi connectivity index (χ3n) is 5.29. The Morgan fingerprint density at radius 2 is 1.84 bits per heavy atom. The maximum Gasteiger partial charge on any atom is 0.168 e. The van der Waals surface area contributed by atoms with Crippen molar-refractivity contribution in [2.24, 2.45) is 10.4 Å². The molecule has 0 fully saturated rings. The van der Waals surface area contributed by atoms with Gasteiger partial charge in [-0.15, -0.1) is 0 Å². The van der Waals surface area contributed by atoms with Crippen molar-refractivity contribution >= 4 is 33.8 Å². The third kappa shape index (κ3) is 2.71. The third-order valence-corrected chi connectivity index (χ3v) is 5.29. The summed E-state index contributed by atoms with van der Waals surface area (Å²) in [6, 6.07) is 13.0. The van der Waals surface area contributed by atoms with E-state index in [2.05, 4.69) is 79.3 Å². The van der Waals surface area contributed by atoms with E-state index >= 15 is 0 Å². The summed E-state index contributed by atoms with van der Waals surface area (Å²) in [6.45, 7) is 8.95. The van der Waals surface area contributed by atoms with Gasteiger partial charge in [-0.2, -0.15) is 0 Å². The second-order valence-electron chi connectivity index (χ2n) is 8.08. The second-order valence-corrected chi connectivity index (χ2v) is 8.08. The molecule has 1 aliphatic rings. The Balaban J connectivity index is 1.84. The predicted octanol–water partition coefficient (Wildman–Crippen LogP) is 5.21. The van der Waals surface area contributed by atoms with Gasteiger partial charge in [0.2, 0.25) is 0 Å². The summed E-state index contributed by atoms with van der Waals surface area (Å²) in [5.74, 6) is 0.895. The number of nitrogens with one attached hydrogen (secondary N) is 1. The average molecular weight is 335 g/mol. The zero-order valence-electron chi connectivity index (χ0n) is 15.5. The van der Waals surface area contributed by atoms with Crippen molar-refractivity contribution in [1.82, 2.24) is 10.2 Å². The molecule has 4 rings (SSSR count). The summed E-state index contributed by atoms with van der Waals surface area (Å²) < 4.78 is 6.28. The summed E-state index contributed by atoms with van der Waals surface area (Å²) in [7, 11) is 2.03. The van der Waals surface area contributed by atoms with Crippen LogP contribution in [-0.2, 0) is 0 Å². The predicted molar refractivity (Wildman–Crippen MR) is 104 cm³/mol. The van der Waals surface area contributed by atoms with E-state index in [1.165, 1.54) is 10.8 Å². The standard InChI is InChI=1S/C21H25N3O/c1-13(21(2,3)4)23-20-19-18(22-12-24(20)5)16-10-14-8-6-7-9-15(14)11-17(16)25-19/h6-13,20,23H,1-5H3/t13-,20?/m1/s1. The molecule has 0 amide bonds. The van der Waals surface area contributed by atoms with Gasteiger partial charge in [0.05, 0.1) is 6.34 Å². The van der Waals surface area contributed by atoms with Crippen LogP contribution in [0.2, 0.25) is 0 Å². The highest BCUT2D eigenvalue weighted by atomic mass is 16.3. The maximum atomic E-state index is 6.28. The first-order valence-electron chi connectivity index (χ1n) is 8.82. The smallest absolute Gasteiger partial charge is 0.168 e. The number of nitrogens with zero attached hydrogens (tertiary/aromatic N) is 2. The molecule has 0 aliphatic carbocycles. The van der Waals surface area contributed by atoms with Crippen LogP contribution in [0.25, 0.3) is 21.7 Å².